The minimum atomic E-state index is -0.0136. The molecule has 1 heterocycles. The quantitative estimate of drug-likeness (QED) is 0.742. The fourth-order valence-corrected chi connectivity index (χ4v) is 2.45. The number of benzene rings is 1. The molecule has 0 unspecified atom stereocenters. The van der Waals surface area contributed by atoms with Gasteiger partial charge in [-0.15, -0.1) is 0 Å². The number of hydrogen-bond acceptors (Lipinski definition) is 4. The molecule has 0 radical (unpaired) electrons. The van der Waals surface area contributed by atoms with Gasteiger partial charge in [0.25, 0.3) is 5.91 Å². The number of nitrogens with one attached hydrogen (secondary N) is 1. The maximum atomic E-state index is 12.1. The number of carbonyl (C=O) groups is 1. The number of carbonyl (C=O) groups excluding carboxylic acids is 1. The SMILES string of the molecule is CCOCCCNC(=O)c1cccc(CN2CCOCC2)c1. The van der Waals surface area contributed by atoms with Crippen molar-refractivity contribution < 1.29 is 14.3 Å². The average Bonchev–Trinajstić information content (AvgIpc) is 2.56. The van der Waals surface area contributed by atoms with Gasteiger partial charge in [-0.05, 0) is 31.0 Å². The van der Waals surface area contributed by atoms with Gasteiger partial charge in [0.15, 0.2) is 0 Å². The Morgan fingerprint density at radius 1 is 1.36 bits per heavy atom. The van der Waals surface area contributed by atoms with Crippen LogP contribution in [0.4, 0.5) is 0 Å². The van der Waals surface area contributed by atoms with Gasteiger partial charge in [-0.1, -0.05) is 12.1 Å². The molecule has 0 saturated carbocycles. The summed E-state index contributed by atoms with van der Waals surface area (Å²) in [6.07, 6.45) is 0.840. The maximum Gasteiger partial charge on any atom is 0.251 e. The Balaban J connectivity index is 1.80. The number of ether oxygens (including phenoxy) is 2. The van der Waals surface area contributed by atoms with E-state index in [2.05, 4.69) is 16.3 Å². The first-order valence-corrected chi connectivity index (χ1v) is 8.04. The van der Waals surface area contributed by atoms with Crippen molar-refractivity contribution in [2.24, 2.45) is 0 Å². The van der Waals surface area contributed by atoms with Gasteiger partial charge in [-0.2, -0.15) is 0 Å². The normalized spacial score (nSPS) is 15.7. The van der Waals surface area contributed by atoms with E-state index in [1.165, 1.54) is 5.56 Å². The van der Waals surface area contributed by atoms with Crippen LogP contribution in [-0.4, -0.2) is 56.9 Å². The predicted molar refractivity (Wildman–Crippen MR) is 86.0 cm³/mol. The predicted octanol–water partition coefficient (Wildman–Crippen LogP) is 1.68. The minimum absolute atomic E-state index is 0.0136. The van der Waals surface area contributed by atoms with Crippen LogP contribution in [0.25, 0.3) is 0 Å². The van der Waals surface area contributed by atoms with Crippen molar-refractivity contribution in [1.82, 2.24) is 10.2 Å². The summed E-state index contributed by atoms with van der Waals surface area (Å²) in [5.74, 6) is -0.0136. The summed E-state index contributed by atoms with van der Waals surface area (Å²) in [7, 11) is 0. The van der Waals surface area contributed by atoms with Gasteiger partial charge in [-0.25, -0.2) is 0 Å². The number of rotatable bonds is 8. The molecule has 1 aromatic rings. The number of amides is 1. The van der Waals surface area contributed by atoms with Gasteiger partial charge in [0, 0.05) is 45.0 Å². The highest BCUT2D eigenvalue weighted by atomic mass is 16.5. The van der Waals surface area contributed by atoms with Gasteiger partial charge < -0.3 is 14.8 Å². The molecule has 0 aliphatic carbocycles. The lowest BCUT2D eigenvalue weighted by Crippen LogP contribution is -2.35. The third-order valence-electron chi connectivity index (χ3n) is 3.65. The van der Waals surface area contributed by atoms with Crippen LogP contribution in [0.3, 0.4) is 0 Å². The van der Waals surface area contributed by atoms with Crippen LogP contribution < -0.4 is 5.32 Å². The minimum Gasteiger partial charge on any atom is -0.382 e. The summed E-state index contributed by atoms with van der Waals surface area (Å²) in [5.41, 5.74) is 1.89. The van der Waals surface area contributed by atoms with Crippen LogP contribution in [-0.2, 0) is 16.0 Å². The molecule has 22 heavy (non-hydrogen) atoms. The lowest BCUT2D eigenvalue weighted by Gasteiger charge is -2.26. The van der Waals surface area contributed by atoms with Crippen molar-refractivity contribution in [3.05, 3.63) is 35.4 Å². The van der Waals surface area contributed by atoms with Crippen molar-refractivity contribution in [1.29, 1.82) is 0 Å². The molecule has 122 valence electrons. The first-order valence-electron chi connectivity index (χ1n) is 8.04. The van der Waals surface area contributed by atoms with E-state index in [1.807, 2.05) is 25.1 Å². The molecule has 2 rings (SSSR count). The molecule has 1 N–H and O–H groups in total. The third-order valence-corrected chi connectivity index (χ3v) is 3.65. The van der Waals surface area contributed by atoms with Crippen LogP contribution in [0.15, 0.2) is 24.3 Å². The zero-order valence-electron chi connectivity index (χ0n) is 13.3. The van der Waals surface area contributed by atoms with Gasteiger partial charge in [0.2, 0.25) is 0 Å². The van der Waals surface area contributed by atoms with Crippen molar-refractivity contribution in [2.45, 2.75) is 19.9 Å². The Hall–Kier alpha value is -1.43. The summed E-state index contributed by atoms with van der Waals surface area (Å²) >= 11 is 0. The summed E-state index contributed by atoms with van der Waals surface area (Å²) < 4.78 is 10.6. The Morgan fingerprint density at radius 3 is 2.95 bits per heavy atom. The van der Waals surface area contributed by atoms with E-state index in [0.717, 1.165) is 51.4 Å². The van der Waals surface area contributed by atoms with E-state index in [1.54, 1.807) is 0 Å². The molecule has 5 nitrogen and oxygen atoms in total. The molecule has 1 amide bonds. The molecule has 0 bridgehead atoms. The number of hydrogen-bond donors (Lipinski definition) is 1. The summed E-state index contributed by atoms with van der Waals surface area (Å²) in [6.45, 7) is 8.38. The number of morpholine rings is 1. The second-order valence-corrected chi connectivity index (χ2v) is 5.40. The van der Waals surface area contributed by atoms with Crippen molar-refractivity contribution >= 4 is 5.91 Å². The standard InChI is InChI=1S/C17H26N2O3/c1-2-21-10-4-7-18-17(20)16-6-3-5-15(13-16)14-19-8-11-22-12-9-19/h3,5-6,13H,2,4,7-12,14H2,1H3,(H,18,20). The summed E-state index contributed by atoms with van der Waals surface area (Å²) in [4.78, 5) is 14.5. The summed E-state index contributed by atoms with van der Waals surface area (Å²) in [6, 6.07) is 7.86. The molecule has 0 aromatic heterocycles. The Morgan fingerprint density at radius 2 is 2.18 bits per heavy atom. The largest absolute Gasteiger partial charge is 0.382 e. The Labute approximate surface area is 132 Å². The van der Waals surface area contributed by atoms with Crippen molar-refractivity contribution in [3.8, 4) is 0 Å². The van der Waals surface area contributed by atoms with Gasteiger partial charge in [0.1, 0.15) is 0 Å². The van der Waals surface area contributed by atoms with Crippen molar-refractivity contribution in [3.63, 3.8) is 0 Å². The van der Waals surface area contributed by atoms with E-state index in [9.17, 15) is 4.79 Å². The molecular weight excluding hydrogens is 280 g/mol. The molecule has 1 fully saturated rings. The lowest BCUT2D eigenvalue weighted by molar-refractivity contribution is 0.0342. The monoisotopic (exact) mass is 306 g/mol. The molecule has 1 aromatic carbocycles. The van der Waals surface area contributed by atoms with Gasteiger partial charge in [-0.3, -0.25) is 9.69 Å². The smallest absolute Gasteiger partial charge is 0.251 e. The van der Waals surface area contributed by atoms with E-state index >= 15 is 0 Å². The second-order valence-electron chi connectivity index (χ2n) is 5.40. The Kier molecular flexibility index (Phi) is 7.36. The molecule has 1 aliphatic heterocycles. The highest BCUT2D eigenvalue weighted by Crippen LogP contribution is 2.10. The van der Waals surface area contributed by atoms with E-state index < -0.39 is 0 Å². The number of nitrogens with zero attached hydrogens (tertiary/aromatic N) is 1. The van der Waals surface area contributed by atoms with Crippen LogP contribution >= 0.6 is 0 Å². The van der Waals surface area contributed by atoms with Crippen molar-refractivity contribution in [2.75, 3.05) is 46.1 Å². The second kappa shape index (κ2) is 9.56. The maximum absolute atomic E-state index is 12.1. The zero-order chi connectivity index (χ0) is 15.6. The van der Waals surface area contributed by atoms with Gasteiger partial charge in [0.05, 0.1) is 13.2 Å². The van der Waals surface area contributed by atoms with Crippen LogP contribution in [0.2, 0.25) is 0 Å². The highest BCUT2D eigenvalue weighted by Gasteiger charge is 2.12. The van der Waals surface area contributed by atoms with E-state index in [0.29, 0.717) is 13.2 Å². The van der Waals surface area contributed by atoms with Crippen LogP contribution in [0.1, 0.15) is 29.3 Å². The third kappa shape index (κ3) is 5.75. The average molecular weight is 306 g/mol. The Bertz CT molecular complexity index is 459. The van der Waals surface area contributed by atoms with E-state index in [-0.39, 0.29) is 5.91 Å². The zero-order valence-corrected chi connectivity index (χ0v) is 13.3. The molecular formula is C17H26N2O3. The van der Waals surface area contributed by atoms with E-state index in [4.69, 9.17) is 9.47 Å². The van der Waals surface area contributed by atoms with Crippen LogP contribution in [0.5, 0.6) is 0 Å². The topological polar surface area (TPSA) is 50.8 Å². The highest BCUT2D eigenvalue weighted by molar-refractivity contribution is 5.94. The molecule has 0 spiro atoms. The first kappa shape index (κ1) is 16.9. The lowest BCUT2D eigenvalue weighted by atomic mass is 10.1. The molecule has 1 saturated heterocycles. The fourth-order valence-electron chi connectivity index (χ4n) is 2.45. The molecule has 1 aliphatic rings. The first-order chi connectivity index (χ1) is 10.8. The summed E-state index contributed by atoms with van der Waals surface area (Å²) in [5, 5.41) is 2.94. The van der Waals surface area contributed by atoms with Gasteiger partial charge >= 0.3 is 0 Å². The molecule has 0 atom stereocenters. The van der Waals surface area contributed by atoms with Crippen LogP contribution in [0, 0.1) is 0 Å². The molecule has 5 heteroatoms. The fraction of sp³-hybridized carbons (Fsp3) is 0.588.